The van der Waals surface area contributed by atoms with E-state index < -0.39 is 10.0 Å². The molecule has 0 saturated carbocycles. The topological polar surface area (TPSA) is 66.5 Å². The summed E-state index contributed by atoms with van der Waals surface area (Å²) in [5, 5.41) is 2.91. The molecular weight excluding hydrogens is 436 g/mol. The smallest absolute Gasteiger partial charge is 0.252 e. The highest BCUT2D eigenvalue weighted by Crippen LogP contribution is 2.31. The zero-order valence-electron chi connectivity index (χ0n) is 14.4. The highest BCUT2D eigenvalue weighted by atomic mass is 79.9. The molecule has 0 radical (unpaired) electrons. The molecule has 26 heavy (non-hydrogen) atoms. The van der Waals surface area contributed by atoms with E-state index in [0.717, 1.165) is 15.9 Å². The summed E-state index contributed by atoms with van der Waals surface area (Å²) >= 11 is 4.49. The summed E-state index contributed by atoms with van der Waals surface area (Å²) in [6, 6.07) is 11.1. The number of rotatable bonds is 5. The Morgan fingerprint density at radius 1 is 1.27 bits per heavy atom. The van der Waals surface area contributed by atoms with Crippen LogP contribution in [0.15, 0.2) is 44.4 Å². The van der Waals surface area contributed by atoms with Gasteiger partial charge in [0.05, 0.1) is 9.70 Å². The van der Waals surface area contributed by atoms with Crippen molar-refractivity contribution in [2.75, 3.05) is 18.4 Å². The first kappa shape index (κ1) is 19.5. The fourth-order valence-corrected chi connectivity index (χ4v) is 6.69. The van der Waals surface area contributed by atoms with E-state index >= 15 is 0 Å². The number of carbonyl (C=O) groups excluding carboxylic acids is 1. The van der Waals surface area contributed by atoms with E-state index in [9.17, 15) is 13.2 Å². The molecule has 1 aromatic carbocycles. The van der Waals surface area contributed by atoms with Crippen LogP contribution in [0.5, 0.6) is 0 Å². The van der Waals surface area contributed by atoms with Crippen LogP contribution in [0, 0.1) is 5.92 Å². The lowest BCUT2D eigenvalue weighted by atomic mass is 9.98. The van der Waals surface area contributed by atoms with Crippen molar-refractivity contribution >= 4 is 48.9 Å². The van der Waals surface area contributed by atoms with Crippen LogP contribution >= 0.6 is 27.3 Å². The number of hydrogen-bond acceptors (Lipinski definition) is 4. The van der Waals surface area contributed by atoms with Gasteiger partial charge in [0.25, 0.3) is 10.0 Å². The minimum absolute atomic E-state index is 0.124. The third-order valence-electron chi connectivity index (χ3n) is 4.53. The predicted molar refractivity (Wildman–Crippen MR) is 108 cm³/mol. The van der Waals surface area contributed by atoms with Gasteiger partial charge in [-0.2, -0.15) is 4.31 Å². The molecule has 1 aliphatic rings. The van der Waals surface area contributed by atoms with Gasteiger partial charge in [0.15, 0.2) is 0 Å². The number of carbonyl (C=O) groups is 1. The normalized spacial score (nSPS) is 18.6. The highest BCUT2D eigenvalue weighted by Gasteiger charge is 2.34. The molecule has 0 spiro atoms. The Labute approximate surface area is 166 Å². The average molecular weight is 457 g/mol. The maximum atomic E-state index is 12.8. The number of nitrogens with one attached hydrogen (secondary N) is 1. The van der Waals surface area contributed by atoms with Crippen molar-refractivity contribution in [2.24, 2.45) is 5.92 Å². The molecule has 3 rings (SSSR count). The van der Waals surface area contributed by atoms with Gasteiger partial charge in [-0.15, -0.1) is 11.3 Å². The Morgan fingerprint density at radius 2 is 2.00 bits per heavy atom. The second-order valence-electron chi connectivity index (χ2n) is 6.30. The summed E-state index contributed by atoms with van der Waals surface area (Å²) in [4.78, 5) is 12.6. The lowest BCUT2D eigenvalue weighted by Gasteiger charge is -2.30. The van der Waals surface area contributed by atoms with Gasteiger partial charge in [-0.3, -0.25) is 4.79 Å². The van der Waals surface area contributed by atoms with Gasteiger partial charge in [0.2, 0.25) is 5.91 Å². The van der Waals surface area contributed by atoms with Crippen molar-refractivity contribution in [1.82, 2.24) is 4.31 Å². The third kappa shape index (κ3) is 4.36. The number of halogens is 1. The number of benzene rings is 1. The van der Waals surface area contributed by atoms with Crippen LogP contribution in [0.25, 0.3) is 0 Å². The molecule has 1 saturated heterocycles. The number of amides is 1. The number of nitrogens with zero attached hydrogens (tertiary/aromatic N) is 1. The zero-order chi connectivity index (χ0) is 18.7. The number of hydrogen-bond donors (Lipinski definition) is 1. The van der Waals surface area contributed by atoms with E-state index in [1.54, 1.807) is 12.1 Å². The van der Waals surface area contributed by atoms with Crippen LogP contribution in [-0.2, 0) is 21.2 Å². The minimum Gasteiger partial charge on any atom is -0.326 e. The van der Waals surface area contributed by atoms with Crippen molar-refractivity contribution < 1.29 is 13.2 Å². The molecule has 1 N–H and O–H groups in total. The van der Waals surface area contributed by atoms with E-state index in [2.05, 4.69) is 28.2 Å². The molecule has 0 unspecified atom stereocenters. The Morgan fingerprint density at radius 3 is 2.62 bits per heavy atom. The van der Waals surface area contributed by atoms with E-state index in [1.807, 2.05) is 24.3 Å². The summed E-state index contributed by atoms with van der Waals surface area (Å²) < 4.78 is 28.1. The molecule has 1 aromatic heterocycles. The number of aryl methyl sites for hydroxylation is 1. The second-order valence-corrected chi connectivity index (χ2v) is 10.9. The van der Waals surface area contributed by atoms with Gasteiger partial charge in [-0.05, 0) is 65.0 Å². The van der Waals surface area contributed by atoms with Gasteiger partial charge >= 0.3 is 0 Å². The lowest BCUT2D eigenvalue weighted by molar-refractivity contribution is -0.120. The molecule has 8 heteroatoms. The van der Waals surface area contributed by atoms with Crippen LogP contribution in [0.3, 0.4) is 0 Å². The van der Waals surface area contributed by atoms with E-state index in [0.29, 0.717) is 23.6 Å². The third-order valence-corrected chi connectivity index (χ3v) is 8.48. The summed E-state index contributed by atoms with van der Waals surface area (Å²) in [6.07, 6.45) is 2.32. The molecule has 0 aliphatic carbocycles. The maximum Gasteiger partial charge on any atom is 0.252 e. The quantitative estimate of drug-likeness (QED) is 0.735. The fraction of sp³-hybridized carbons (Fsp3) is 0.389. The van der Waals surface area contributed by atoms with Crippen LogP contribution < -0.4 is 5.32 Å². The van der Waals surface area contributed by atoms with E-state index in [4.69, 9.17) is 0 Å². The standard InChI is InChI=1S/C18H21BrN2O3S2/c1-2-13-5-7-15(8-6-13)20-18(22)14-4-3-11-21(12-14)26(23,24)17-10-9-16(19)25-17/h5-10,14H,2-4,11-12H2,1H3,(H,20,22)/t14-/m0/s1. The summed E-state index contributed by atoms with van der Waals surface area (Å²) in [7, 11) is -3.55. The molecule has 2 heterocycles. The number of piperidine rings is 1. The van der Waals surface area contributed by atoms with Crippen molar-refractivity contribution in [1.29, 1.82) is 0 Å². The highest BCUT2D eigenvalue weighted by molar-refractivity contribution is 9.11. The summed E-state index contributed by atoms with van der Waals surface area (Å²) in [6.45, 7) is 2.75. The molecule has 1 aliphatic heterocycles. The molecular formula is C18H21BrN2O3S2. The molecule has 1 amide bonds. The molecule has 2 aromatic rings. The second kappa shape index (κ2) is 8.21. The molecule has 1 atom stereocenters. The van der Waals surface area contributed by atoms with Crippen LogP contribution in [0.4, 0.5) is 5.69 Å². The van der Waals surface area contributed by atoms with Gasteiger partial charge < -0.3 is 5.32 Å². The average Bonchev–Trinajstić information content (AvgIpc) is 3.10. The Kier molecular flexibility index (Phi) is 6.17. The van der Waals surface area contributed by atoms with E-state index in [-0.39, 0.29) is 18.4 Å². The maximum absolute atomic E-state index is 12.8. The first-order valence-electron chi connectivity index (χ1n) is 8.55. The fourth-order valence-electron chi connectivity index (χ4n) is 3.01. The lowest BCUT2D eigenvalue weighted by Crippen LogP contribution is -2.43. The Hall–Kier alpha value is -1.22. The van der Waals surface area contributed by atoms with Gasteiger partial charge in [-0.25, -0.2) is 8.42 Å². The zero-order valence-corrected chi connectivity index (χ0v) is 17.7. The molecule has 140 valence electrons. The van der Waals surface area contributed by atoms with Gasteiger partial charge in [0, 0.05) is 18.8 Å². The van der Waals surface area contributed by atoms with Gasteiger partial charge in [0.1, 0.15) is 4.21 Å². The molecule has 5 nitrogen and oxygen atoms in total. The summed E-state index contributed by atoms with van der Waals surface area (Å²) in [5.41, 5.74) is 1.95. The number of sulfonamides is 1. The molecule has 0 bridgehead atoms. The first-order chi connectivity index (χ1) is 12.4. The monoisotopic (exact) mass is 456 g/mol. The largest absolute Gasteiger partial charge is 0.326 e. The van der Waals surface area contributed by atoms with Crippen molar-refractivity contribution in [3.05, 3.63) is 45.7 Å². The van der Waals surface area contributed by atoms with Crippen LogP contribution in [-0.4, -0.2) is 31.7 Å². The van der Waals surface area contributed by atoms with Gasteiger partial charge in [-0.1, -0.05) is 19.1 Å². The van der Waals surface area contributed by atoms with E-state index in [1.165, 1.54) is 21.2 Å². The Balaban J connectivity index is 1.68. The summed E-state index contributed by atoms with van der Waals surface area (Å²) in [5.74, 6) is -0.464. The molecule has 1 fully saturated rings. The Bertz CT molecular complexity index is 878. The van der Waals surface area contributed by atoms with Crippen LogP contribution in [0.2, 0.25) is 0 Å². The van der Waals surface area contributed by atoms with Crippen molar-refractivity contribution in [3.8, 4) is 0 Å². The number of anilines is 1. The number of thiophene rings is 1. The predicted octanol–water partition coefficient (Wildman–Crippen LogP) is 4.11. The minimum atomic E-state index is -3.55. The van der Waals surface area contributed by atoms with Crippen LogP contribution in [0.1, 0.15) is 25.3 Å². The SMILES string of the molecule is CCc1ccc(NC(=O)[C@H]2CCCN(S(=O)(=O)c3ccc(Br)s3)C2)cc1. The van der Waals surface area contributed by atoms with Crippen molar-refractivity contribution in [3.63, 3.8) is 0 Å². The van der Waals surface area contributed by atoms with Crippen molar-refractivity contribution in [2.45, 2.75) is 30.4 Å². The first-order valence-corrected chi connectivity index (χ1v) is 11.6.